The van der Waals surface area contributed by atoms with E-state index >= 15 is 0 Å². The van der Waals surface area contributed by atoms with Crippen LogP contribution in [0.15, 0.2) is 0 Å². The van der Waals surface area contributed by atoms with E-state index in [0.29, 0.717) is 5.41 Å². The molecule has 0 aromatic carbocycles. The lowest BCUT2D eigenvalue weighted by atomic mass is 9.76. The normalized spacial score (nSPS) is 35.8. The van der Waals surface area contributed by atoms with Gasteiger partial charge < -0.3 is 10.2 Å². The molecule has 3 aliphatic rings. The lowest BCUT2D eigenvalue weighted by Crippen LogP contribution is -2.49. The fraction of sp³-hybridized carbons (Fsp3) is 1.00. The molecule has 0 amide bonds. The highest BCUT2D eigenvalue weighted by Gasteiger charge is 2.38. The lowest BCUT2D eigenvalue weighted by molar-refractivity contribution is 0.0495. The number of rotatable bonds is 4. The van der Waals surface area contributed by atoms with Gasteiger partial charge in [-0.3, -0.25) is 0 Å². The van der Waals surface area contributed by atoms with Gasteiger partial charge in [0.15, 0.2) is 0 Å². The van der Waals surface area contributed by atoms with E-state index in [4.69, 9.17) is 0 Å². The zero-order valence-corrected chi connectivity index (χ0v) is 12.1. The minimum Gasteiger partial charge on any atom is -0.319 e. The quantitative estimate of drug-likeness (QED) is 0.825. The van der Waals surface area contributed by atoms with Crippen molar-refractivity contribution in [2.45, 2.75) is 51.4 Å². The van der Waals surface area contributed by atoms with Crippen LogP contribution < -0.4 is 5.32 Å². The average Bonchev–Trinajstić information content (AvgIpc) is 2.77. The van der Waals surface area contributed by atoms with Crippen LogP contribution in [0.25, 0.3) is 0 Å². The van der Waals surface area contributed by atoms with Crippen LogP contribution in [0.5, 0.6) is 0 Å². The number of nitrogens with zero attached hydrogens (tertiary/aromatic N) is 1. The summed E-state index contributed by atoms with van der Waals surface area (Å²) in [7, 11) is 2.13. The fourth-order valence-electron chi connectivity index (χ4n) is 5.03. The summed E-state index contributed by atoms with van der Waals surface area (Å²) in [5, 5.41) is 3.46. The second-order valence-corrected chi connectivity index (χ2v) is 7.33. The summed E-state index contributed by atoms with van der Waals surface area (Å²) in [6, 6.07) is 0. The van der Waals surface area contributed by atoms with Crippen LogP contribution in [0, 0.1) is 17.3 Å². The molecule has 104 valence electrons. The molecule has 2 aliphatic carbocycles. The minimum absolute atomic E-state index is 0.611. The first-order valence-corrected chi connectivity index (χ1v) is 8.17. The molecule has 1 aliphatic heterocycles. The topological polar surface area (TPSA) is 15.3 Å². The maximum Gasteiger partial charge on any atom is 0.00504 e. The summed E-state index contributed by atoms with van der Waals surface area (Å²) in [6.45, 7) is 5.42. The first kappa shape index (κ1) is 12.9. The van der Waals surface area contributed by atoms with E-state index in [0.717, 1.165) is 11.8 Å². The maximum atomic E-state index is 3.46. The molecule has 2 unspecified atom stereocenters. The van der Waals surface area contributed by atoms with Crippen molar-refractivity contribution in [2.75, 3.05) is 33.2 Å². The van der Waals surface area contributed by atoms with Crippen molar-refractivity contribution in [1.29, 1.82) is 0 Å². The van der Waals surface area contributed by atoms with Crippen molar-refractivity contribution >= 4 is 0 Å². The molecule has 2 saturated carbocycles. The molecule has 1 N–H and O–H groups in total. The van der Waals surface area contributed by atoms with Gasteiger partial charge in [0.25, 0.3) is 0 Å². The van der Waals surface area contributed by atoms with Crippen molar-refractivity contribution in [3.63, 3.8) is 0 Å². The van der Waals surface area contributed by atoms with Gasteiger partial charge in [0.05, 0.1) is 0 Å². The van der Waals surface area contributed by atoms with E-state index in [1.165, 1.54) is 77.5 Å². The van der Waals surface area contributed by atoms with Crippen molar-refractivity contribution < 1.29 is 0 Å². The minimum atomic E-state index is 0.611. The Morgan fingerprint density at radius 1 is 1.06 bits per heavy atom. The standard InChI is InChI=1S/C16H30N2/c1-17-12-16(7-2-3-8-16)13-18-10-14-5-4-6-15(9-14)11-18/h14-15,17H,2-13H2,1H3. The highest BCUT2D eigenvalue weighted by molar-refractivity contribution is 4.92. The highest BCUT2D eigenvalue weighted by Crippen LogP contribution is 2.41. The Labute approximate surface area is 113 Å². The third kappa shape index (κ3) is 2.75. The van der Waals surface area contributed by atoms with Crippen LogP contribution in [0.1, 0.15) is 51.4 Å². The van der Waals surface area contributed by atoms with Gasteiger partial charge in [-0.1, -0.05) is 19.3 Å². The SMILES string of the molecule is CNCC1(CN2CC3CCCC(C3)C2)CCCC1. The van der Waals surface area contributed by atoms with Gasteiger partial charge in [-0.2, -0.15) is 0 Å². The van der Waals surface area contributed by atoms with E-state index in [1.54, 1.807) is 0 Å². The van der Waals surface area contributed by atoms with Crippen LogP contribution in [0.4, 0.5) is 0 Å². The summed E-state index contributed by atoms with van der Waals surface area (Å²) in [6.07, 6.45) is 11.9. The molecule has 2 heteroatoms. The molecule has 0 aromatic rings. The van der Waals surface area contributed by atoms with Crippen LogP contribution in [0.3, 0.4) is 0 Å². The Hall–Kier alpha value is -0.0800. The van der Waals surface area contributed by atoms with E-state index < -0.39 is 0 Å². The second kappa shape index (κ2) is 5.50. The monoisotopic (exact) mass is 250 g/mol. The summed E-state index contributed by atoms with van der Waals surface area (Å²) >= 11 is 0. The largest absolute Gasteiger partial charge is 0.319 e. The van der Waals surface area contributed by atoms with Gasteiger partial charge in [-0.05, 0) is 56.4 Å². The number of hydrogen-bond acceptors (Lipinski definition) is 2. The second-order valence-electron chi connectivity index (χ2n) is 7.33. The first-order chi connectivity index (χ1) is 8.80. The van der Waals surface area contributed by atoms with E-state index in [1.807, 2.05) is 0 Å². The number of hydrogen-bond donors (Lipinski definition) is 1. The van der Waals surface area contributed by atoms with Crippen LogP contribution in [-0.2, 0) is 0 Å². The Morgan fingerprint density at radius 2 is 1.72 bits per heavy atom. The molecule has 18 heavy (non-hydrogen) atoms. The predicted octanol–water partition coefficient (Wildman–Crippen LogP) is 2.89. The molecule has 3 rings (SSSR count). The first-order valence-electron chi connectivity index (χ1n) is 8.17. The number of piperidine rings is 1. The Balaban J connectivity index is 1.60. The molecule has 2 atom stereocenters. The molecule has 0 radical (unpaired) electrons. The molecule has 1 saturated heterocycles. The van der Waals surface area contributed by atoms with Gasteiger partial charge in [0, 0.05) is 26.2 Å². The number of likely N-dealkylation sites (tertiary alicyclic amines) is 1. The van der Waals surface area contributed by atoms with Crippen molar-refractivity contribution in [1.82, 2.24) is 10.2 Å². The van der Waals surface area contributed by atoms with Crippen LogP contribution in [0.2, 0.25) is 0 Å². The molecule has 0 aromatic heterocycles. The van der Waals surface area contributed by atoms with Crippen molar-refractivity contribution in [2.24, 2.45) is 17.3 Å². The Bertz CT molecular complexity index is 258. The van der Waals surface area contributed by atoms with Gasteiger partial charge in [-0.25, -0.2) is 0 Å². The molecule has 1 heterocycles. The third-order valence-corrected chi connectivity index (χ3v) is 5.70. The molecule has 0 spiro atoms. The summed E-state index contributed by atoms with van der Waals surface area (Å²) in [4.78, 5) is 2.83. The summed E-state index contributed by atoms with van der Waals surface area (Å²) < 4.78 is 0. The zero-order chi connectivity index (χ0) is 12.4. The smallest absolute Gasteiger partial charge is 0.00504 e. The van der Waals surface area contributed by atoms with E-state index in [-0.39, 0.29) is 0 Å². The summed E-state index contributed by atoms with van der Waals surface area (Å²) in [5.74, 6) is 2.07. The van der Waals surface area contributed by atoms with Gasteiger partial charge >= 0.3 is 0 Å². The third-order valence-electron chi connectivity index (χ3n) is 5.70. The lowest BCUT2D eigenvalue weighted by Gasteiger charge is -2.45. The molecule has 2 nitrogen and oxygen atoms in total. The predicted molar refractivity (Wildman–Crippen MR) is 76.7 cm³/mol. The Morgan fingerprint density at radius 3 is 2.33 bits per heavy atom. The Kier molecular flexibility index (Phi) is 3.95. The zero-order valence-electron chi connectivity index (χ0n) is 12.1. The molecular weight excluding hydrogens is 220 g/mol. The van der Waals surface area contributed by atoms with E-state index in [9.17, 15) is 0 Å². The highest BCUT2D eigenvalue weighted by atomic mass is 15.1. The van der Waals surface area contributed by atoms with Crippen LogP contribution in [-0.4, -0.2) is 38.1 Å². The van der Waals surface area contributed by atoms with Gasteiger partial charge in [-0.15, -0.1) is 0 Å². The molecule has 3 fully saturated rings. The van der Waals surface area contributed by atoms with Gasteiger partial charge in [0.1, 0.15) is 0 Å². The number of nitrogens with one attached hydrogen (secondary N) is 1. The van der Waals surface area contributed by atoms with Crippen LogP contribution >= 0.6 is 0 Å². The molecule has 2 bridgehead atoms. The van der Waals surface area contributed by atoms with E-state index in [2.05, 4.69) is 17.3 Å². The summed E-state index contributed by atoms with van der Waals surface area (Å²) in [5.41, 5.74) is 0.611. The van der Waals surface area contributed by atoms with Crippen molar-refractivity contribution in [3.05, 3.63) is 0 Å². The fourth-order valence-corrected chi connectivity index (χ4v) is 5.03. The average molecular weight is 250 g/mol. The van der Waals surface area contributed by atoms with Crippen molar-refractivity contribution in [3.8, 4) is 0 Å². The number of fused-ring (bicyclic) bond motifs is 2. The molecular formula is C16H30N2. The van der Waals surface area contributed by atoms with Gasteiger partial charge in [0.2, 0.25) is 0 Å². The maximum absolute atomic E-state index is 3.46.